The number of ether oxygens (including phenoxy) is 1. The number of Topliss-reactive ketones (excluding diaryl/α,β-unsaturated/α-hetero) is 1. The minimum Gasteiger partial charge on any atom is -0.490 e. The Hall–Kier alpha value is -1.36. The van der Waals surface area contributed by atoms with Crippen LogP contribution in [0, 0.1) is 0 Å². The standard InChI is InChI=1S/C11H10BrNO3/c1-6(14)8-4-7(12)5-9-11(8)16-3-2-10(15)13-9/h4-5H,2-3H2,1H3,(H,13,15). The van der Waals surface area contributed by atoms with Crippen molar-refractivity contribution in [3.8, 4) is 5.75 Å². The average Bonchev–Trinajstić information content (AvgIpc) is 2.37. The van der Waals surface area contributed by atoms with Crippen LogP contribution < -0.4 is 10.1 Å². The SMILES string of the molecule is CC(=O)c1cc(Br)cc2c1OCCC(=O)N2. The number of benzene rings is 1. The molecule has 0 radical (unpaired) electrons. The molecule has 0 saturated carbocycles. The lowest BCUT2D eigenvalue weighted by molar-refractivity contribution is -0.116. The summed E-state index contributed by atoms with van der Waals surface area (Å²) in [6, 6.07) is 3.42. The highest BCUT2D eigenvalue weighted by molar-refractivity contribution is 9.10. The van der Waals surface area contributed by atoms with Crippen LogP contribution in [0.1, 0.15) is 23.7 Å². The molecule has 0 aromatic heterocycles. The second-order valence-corrected chi connectivity index (χ2v) is 4.45. The summed E-state index contributed by atoms with van der Waals surface area (Å²) in [5.74, 6) is 0.265. The van der Waals surface area contributed by atoms with E-state index in [4.69, 9.17) is 4.74 Å². The van der Waals surface area contributed by atoms with Gasteiger partial charge in [-0.3, -0.25) is 9.59 Å². The van der Waals surface area contributed by atoms with Crippen molar-refractivity contribution in [3.63, 3.8) is 0 Å². The van der Waals surface area contributed by atoms with E-state index in [2.05, 4.69) is 21.2 Å². The monoisotopic (exact) mass is 283 g/mol. The molecule has 1 aliphatic rings. The lowest BCUT2D eigenvalue weighted by Gasteiger charge is -2.11. The number of nitrogens with one attached hydrogen (secondary N) is 1. The highest BCUT2D eigenvalue weighted by Crippen LogP contribution is 2.34. The average molecular weight is 284 g/mol. The first kappa shape index (κ1) is 11.1. The maximum absolute atomic E-state index is 11.4. The Morgan fingerprint density at radius 1 is 1.50 bits per heavy atom. The Bertz CT molecular complexity index is 471. The first-order chi connectivity index (χ1) is 7.58. The second-order valence-electron chi connectivity index (χ2n) is 3.53. The van der Waals surface area contributed by atoms with Gasteiger partial charge in [-0.1, -0.05) is 15.9 Å². The molecular weight excluding hydrogens is 274 g/mol. The third-order valence-corrected chi connectivity index (χ3v) is 2.74. The van der Waals surface area contributed by atoms with E-state index < -0.39 is 0 Å². The van der Waals surface area contributed by atoms with Crippen molar-refractivity contribution in [2.24, 2.45) is 0 Å². The summed E-state index contributed by atoms with van der Waals surface area (Å²) >= 11 is 3.30. The van der Waals surface area contributed by atoms with Gasteiger partial charge in [0, 0.05) is 4.47 Å². The van der Waals surface area contributed by atoms with Crippen LogP contribution in [0.3, 0.4) is 0 Å². The van der Waals surface area contributed by atoms with Crippen molar-refractivity contribution in [2.75, 3.05) is 11.9 Å². The van der Waals surface area contributed by atoms with Gasteiger partial charge in [0.25, 0.3) is 0 Å². The Labute approximate surface area is 101 Å². The fraction of sp³-hybridized carbons (Fsp3) is 0.273. The van der Waals surface area contributed by atoms with Gasteiger partial charge in [-0.25, -0.2) is 0 Å². The van der Waals surface area contributed by atoms with Gasteiger partial charge in [0.1, 0.15) is 0 Å². The first-order valence-electron chi connectivity index (χ1n) is 4.85. The van der Waals surface area contributed by atoms with Gasteiger partial charge in [-0.2, -0.15) is 0 Å². The molecule has 0 aliphatic carbocycles. The zero-order chi connectivity index (χ0) is 11.7. The molecule has 1 N–H and O–H groups in total. The molecule has 0 fully saturated rings. The molecule has 1 amide bonds. The number of halogens is 1. The van der Waals surface area contributed by atoms with Crippen molar-refractivity contribution in [3.05, 3.63) is 22.2 Å². The van der Waals surface area contributed by atoms with Crippen LogP contribution in [0.5, 0.6) is 5.75 Å². The second kappa shape index (κ2) is 4.25. The summed E-state index contributed by atoms with van der Waals surface area (Å²) in [4.78, 5) is 22.8. The van der Waals surface area contributed by atoms with E-state index in [9.17, 15) is 9.59 Å². The molecule has 0 saturated heterocycles. The molecule has 2 rings (SSSR count). The molecule has 0 bridgehead atoms. The molecule has 1 heterocycles. The molecule has 0 unspecified atom stereocenters. The molecule has 4 nitrogen and oxygen atoms in total. The van der Waals surface area contributed by atoms with Crippen molar-refractivity contribution < 1.29 is 14.3 Å². The van der Waals surface area contributed by atoms with Crippen LogP contribution in [0.2, 0.25) is 0 Å². The predicted molar refractivity (Wildman–Crippen MR) is 62.9 cm³/mol. The maximum Gasteiger partial charge on any atom is 0.227 e. The Morgan fingerprint density at radius 3 is 2.94 bits per heavy atom. The van der Waals surface area contributed by atoms with Gasteiger partial charge in [0.15, 0.2) is 11.5 Å². The smallest absolute Gasteiger partial charge is 0.227 e. The van der Waals surface area contributed by atoms with E-state index in [-0.39, 0.29) is 11.7 Å². The highest BCUT2D eigenvalue weighted by Gasteiger charge is 2.19. The van der Waals surface area contributed by atoms with E-state index in [1.54, 1.807) is 12.1 Å². The zero-order valence-corrected chi connectivity index (χ0v) is 10.3. The number of carbonyl (C=O) groups excluding carboxylic acids is 2. The summed E-state index contributed by atoms with van der Waals surface area (Å²) in [7, 11) is 0. The molecule has 0 atom stereocenters. The predicted octanol–water partition coefficient (Wildman–Crippen LogP) is 2.37. The number of rotatable bonds is 1. The summed E-state index contributed by atoms with van der Waals surface area (Å²) in [5, 5.41) is 2.71. The van der Waals surface area contributed by atoms with Crippen LogP contribution in [0.25, 0.3) is 0 Å². The lowest BCUT2D eigenvalue weighted by atomic mass is 10.1. The van der Waals surface area contributed by atoms with Gasteiger partial charge in [0.2, 0.25) is 5.91 Å². The van der Waals surface area contributed by atoms with E-state index >= 15 is 0 Å². The van der Waals surface area contributed by atoms with Gasteiger partial charge >= 0.3 is 0 Å². The van der Waals surface area contributed by atoms with Crippen LogP contribution >= 0.6 is 15.9 Å². The number of carbonyl (C=O) groups is 2. The lowest BCUT2D eigenvalue weighted by Crippen LogP contribution is -2.10. The molecule has 1 aromatic carbocycles. The van der Waals surface area contributed by atoms with Crippen LogP contribution in [-0.4, -0.2) is 18.3 Å². The Kier molecular flexibility index (Phi) is 2.96. The fourth-order valence-corrected chi connectivity index (χ4v) is 2.02. The number of amides is 1. The van der Waals surface area contributed by atoms with E-state index in [0.29, 0.717) is 30.0 Å². The van der Waals surface area contributed by atoms with Gasteiger partial charge < -0.3 is 10.1 Å². The highest BCUT2D eigenvalue weighted by atomic mass is 79.9. The van der Waals surface area contributed by atoms with Crippen LogP contribution in [-0.2, 0) is 4.79 Å². The van der Waals surface area contributed by atoms with Crippen molar-refractivity contribution >= 4 is 33.3 Å². The van der Waals surface area contributed by atoms with Crippen LogP contribution in [0.4, 0.5) is 5.69 Å². The van der Waals surface area contributed by atoms with Gasteiger partial charge in [-0.05, 0) is 19.1 Å². The largest absolute Gasteiger partial charge is 0.490 e. The fourth-order valence-electron chi connectivity index (χ4n) is 1.56. The Balaban J connectivity index is 2.57. The van der Waals surface area contributed by atoms with Gasteiger partial charge in [-0.15, -0.1) is 0 Å². The minimum absolute atomic E-state index is 0.0892. The number of ketones is 1. The van der Waals surface area contributed by atoms with Crippen molar-refractivity contribution in [1.82, 2.24) is 0 Å². The zero-order valence-electron chi connectivity index (χ0n) is 8.67. The topological polar surface area (TPSA) is 55.4 Å². The third-order valence-electron chi connectivity index (χ3n) is 2.28. The molecule has 0 spiro atoms. The normalized spacial score (nSPS) is 14.5. The molecule has 84 valence electrons. The number of hydrogen-bond donors (Lipinski definition) is 1. The molecule has 16 heavy (non-hydrogen) atoms. The van der Waals surface area contributed by atoms with Gasteiger partial charge in [0.05, 0.1) is 24.3 Å². The van der Waals surface area contributed by atoms with Crippen LogP contribution in [0.15, 0.2) is 16.6 Å². The van der Waals surface area contributed by atoms with E-state index in [1.165, 1.54) is 6.92 Å². The summed E-state index contributed by atoms with van der Waals surface area (Å²) in [6.45, 7) is 1.76. The van der Waals surface area contributed by atoms with Crippen molar-refractivity contribution in [2.45, 2.75) is 13.3 Å². The number of fused-ring (bicyclic) bond motifs is 1. The summed E-state index contributed by atoms with van der Waals surface area (Å²) < 4.78 is 6.18. The van der Waals surface area contributed by atoms with E-state index in [1.807, 2.05) is 0 Å². The summed E-state index contributed by atoms with van der Waals surface area (Å²) in [5.41, 5.74) is 1.02. The van der Waals surface area contributed by atoms with Crippen molar-refractivity contribution in [1.29, 1.82) is 0 Å². The third kappa shape index (κ3) is 2.09. The van der Waals surface area contributed by atoms with E-state index in [0.717, 1.165) is 4.47 Å². The summed E-state index contributed by atoms with van der Waals surface area (Å²) in [6.07, 6.45) is 0.295. The Morgan fingerprint density at radius 2 is 2.25 bits per heavy atom. The quantitative estimate of drug-likeness (QED) is 0.805. The molecular formula is C11H10BrNO3. The molecule has 1 aliphatic heterocycles. The molecule has 5 heteroatoms. The molecule has 1 aromatic rings. The number of anilines is 1. The minimum atomic E-state index is -0.105. The maximum atomic E-state index is 11.4. The number of hydrogen-bond acceptors (Lipinski definition) is 3. The first-order valence-corrected chi connectivity index (χ1v) is 5.64.